The number of carbonyl (C=O) groups excluding carboxylic acids is 1. The summed E-state index contributed by atoms with van der Waals surface area (Å²) >= 11 is 0. The Hall–Kier alpha value is -3.68. The van der Waals surface area contributed by atoms with Crippen LogP contribution in [0.15, 0.2) is 49.1 Å². The van der Waals surface area contributed by atoms with E-state index in [9.17, 15) is 9.59 Å². The van der Waals surface area contributed by atoms with E-state index in [-0.39, 0.29) is 23.6 Å². The molecular formula is C22H23N5O3. The second-order valence-corrected chi connectivity index (χ2v) is 7.57. The quantitative estimate of drug-likeness (QED) is 0.688. The molecule has 0 aliphatic carbocycles. The summed E-state index contributed by atoms with van der Waals surface area (Å²) in [4.78, 5) is 33.7. The SMILES string of the molecule is CC(=O)N1c2ccc(-n3cnc(C)c3)cc2C(Nc2ccc(C(=O)O)cn2)CC1C. The number of benzene rings is 1. The van der Waals surface area contributed by atoms with Crippen molar-refractivity contribution in [2.45, 2.75) is 39.3 Å². The van der Waals surface area contributed by atoms with Gasteiger partial charge in [0.25, 0.3) is 0 Å². The molecule has 30 heavy (non-hydrogen) atoms. The molecule has 4 rings (SSSR count). The zero-order valence-corrected chi connectivity index (χ0v) is 17.0. The summed E-state index contributed by atoms with van der Waals surface area (Å²) in [6, 6.07) is 9.11. The number of carboxylic acid groups (broad SMARTS) is 1. The second kappa shape index (κ2) is 7.62. The fourth-order valence-electron chi connectivity index (χ4n) is 3.98. The Morgan fingerprint density at radius 3 is 2.60 bits per heavy atom. The first kappa shape index (κ1) is 19.6. The molecule has 1 amide bonds. The number of carboxylic acids is 1. The molecule has 0 bridgehead atoms. The van der Waals surface area contributed by atoms with E-state index in [4.69, 9.17) is 5.11 Å². The predicted octanol–water partition coefficient (Wildman–Crippen LogP) is 3.57. The molecule has 0 fully saturated rings. The molecule has 154 valence electrons. The minimum atomic E-state index is -1.01. The minimum absolute atomic E-state index is 0.00244. The minimum Gasteiger partial charge on any atom is -0.478 e. The number of amides is 1. The van der Waals surface area contributed by atoms with Crippen LogP contribution in [0.2, 0.25) is 0 Å². The van der Waals surface area contributed by atoms with Gasteiger partial charge in [-0.15, -0.1) is 0 Å². The highest BCUT2D eigenvalue weighted by molar-refractivity contribution is 5.94. The zero-order valence-electron chi connectivity index (χ0n) is 17.0. The summed E-state index contributed by atoms with van der Waals surface area (Å²) in [5.74, 6) is -0.427. The van der Waals surface area contributed by atoms with E-state index in [1.54, 1.807) is 19.3 Å². The van der Waals surface area contributed by atoms with Crippen LogP contribution < -0.4 is 10.2 Å². The van der Waals surface area contributed by atoms with E-state index < -0.39 is 5.97 Å². The van der Waals surface area contributed by atoms with Crippen LogP contribution in [0.4, 0.5) is 11.5 Å². The van der Waals surface area contributed by atoms with Crippen molar-refractivity contribution in [3.63, 3.8) is 0 Å². The predicted molar refractivity (Wildman–Crippen MR) is 113 cm³/mol. The van der Waals surface area contributed by atoms with Crippen LogP contribution in [0.3, 0.4) is 0 Å². The highest BCUT2D eigenvalue weighted by atomic mass is 16.4. The number of aromatic nitrogens is 3. The van der Waals surface area contributed by atoms with Gasteiger partial charge in [-0.2, -0.15) is 0 Å². The van der Waals surface area contributed by atoms with E-state index in [1.165, 1.54) is 12.3 Å². The first-order chi connectivity index (χ1) is 14.3. The third kappa shape index (κ3) is 3.63. The fourth-order valence-corrected chi connectivity index (χ4v) is 3.98. The maximum absolute atomic E-state index is 12.3. The van der Waals surface area contributed by atoms with Gasteiger partial charge in [0.15, 0.2) is 0 Å². The Labute approximate surface area is 174 Å². The van der Waals surface area contributed by atoms with Gasteiger partial charge < -0.3 is 19.9 Å². The van der Waals surface area contributed by atoms with E-state index in [2.05, 4.69) is 21.4 Å². The third-order valence-corrected chi connectivity index (χ3v) is 5.35. The van der Waals surface area contributed by atoms with Crippen LogP contribution in [-0.4, -0.2) is 37.6 Å². The molecule has 0 saturated heterocycles. The van der Waals surface area contributed by atoms with Crippen molar-refractivity contribution in [1.29, 1.82) is 0 Å². The van der Waals surface area contributed by atoms with Gasteiger partial charge in [-0.25, -0.2) is 14.8 Å². The standard InChI is InChI=1S/C22H23N5O3/c1-13-11-26(12-24-13)17-5-6-20-18(9-17)19(8-14(2)27(20)15(3)28)25-21-7-4-16(10-23-21)22(29)30/h4-7,9-12,14,19H,8H2,1-3H3,(H,23,25)(H,29,30). The van der Waals surface area contributed by atoms with Gasteiger partial charge in [0.2, 0.25) is 5.91 Å². The van der Waals surface area contributed by atoms with Gasteiger partial charge in [-0.05, 0) is 50.6 Å². The smallest absolute Gasteiger partial charge is 0.337 e. The van der Waals surface area contributed by atoms with E-state index >= 15 is 0 Å². The lowest BCUT2D eigenvalue weighted by molar-refractivity contribution is -0.117. The van der Waals surface area contributed by atoms with Crippen LogP contribution >= 0.6 is 0 Å². The van der Waals surface area contributed by atoms with Crippen molar-refractivity contribution < 1.29 is 14.7 Å². The van der Waals surface area contributed by atoms with Gasteiger partial charge in [0.05, 0.1) is 23.6 Å². The molecule has 2 unspecified atom stereocenters. The largest absolute Gasteiger partial charge is 0.478 e. The molecule has 1 aliphatic rings. The lowest BCUT2D eigenvalue weighted by Gasteiger charge is -2.39. The molecule has 0 spiro atoms. The van der Waals surface area contributed by atoms with Gasteiger partial charge in [-0.3, -0.25) is 4.79 Å². The first-order valence-corrected chi connectivity index (χ1v) is 9.74. The molecule has 2 N–H and O–H groups in total. The van der Waals surface area contributed by atoms with Crippen LogP contribution in [0.5, 0.6) is 0 Å². The maximum atomic E-state index is 12.3. The normalized spacial score (nSPS) is 18.0. The number of nitrogens with one attached hydrogen (secondary N) is 1. The number of anilines is 2. The van der Waals surface area contributed by atoms with Crippen LogP contribution in [0.1, 0.15) is 47.9 Å². The second-order valence-electron chi connectivity index (χ2n) is 7.57. The number of pyridine rings is 1. The Kier molecular flexibility index (Phi) is 4.99. The van der Waals surface area contributed by atoms with Crippen molar-refractivity contribution >= 4 is 23.4 Å². The number of aromatic carboxylic acids is 1. The van der Waals surface area contributed by atoms with Crippen molar-refractivity contribution in [2.75, 3.05) is 10.2 Å². The fraction of sp³-hybridized carbons (Fsp3) is 0.273. The Bertz CT molecular complexity index is 1110. The van der Waals surface area contributed by atoms with Crippen molar-refractivity contribution in [3.05, 3.63) is 65.9 Å². The number of fused-ring (bicyclic) bond motifs is 1. The molecule has 1 aromatic carbocycles. The van der Waals surface area contributed by atoms with Gasteiger partial charge in [0, 0.05) is 42.3 Å². The topological polar surface area (TPSA) is 100 Å². The van der Waals surface area contributed by atoms with E-state index in [0.29, 0.717) is 12.2 Å². The lowest BCUT2D eigenvalue weighted by Crippen LogP contribution is -2.43. The molecule has 1 aliphatic heterocycles. The average molecular weight is 405 g/mol. The van der Waals surface area contributed by atoms with E-state index in [0.717, 1.165) is 22.6 Å². The summed E-state index contributed by atoms with van der Waals surface area (Å²) in [5.41, 5.74) is 3.86. The number of hydrogen-bond donors (Lipinski definition) is 2. The van der Waals surface area contributed by atoms with Crippen LogP contribution in [-0.2, 0) is 4.79 Å². The van der Waals surface area contributed by atoms with Crippen LogP contribution in [0.25, 0.3) is 5.69 Å². The number of aryl methyl sites for hydroxylation is 1. The number of hydrogen-bond acceptors (Lipinski definition) is 5. The highest BCUT2D eigenvalue weighted by Crippen LogP contribution is 2.40. The summed E-state index contributed by atoms with van der Waals surface area (Å²) in [6.07, 6.45) is 5.75. The third-order valence-electron chi connectivity index (χ3n) is 5.35. The molecule has 3 aromatic rings. The molecule has 0 saturated carbocycles. The summed E-state index contributed by atoms with van der Waals surface area (Å²) < 4.78 is 1.95. The first-order valence-electron chi connectivity index (χ1n) is 9.74. The van der Waals surface area contributed by atoms with Gasteiger partial charge >= 0.3 is 5.97 Å². The Morgan fingerprint density at radius 2 is 2.00 bits per heavy atom. The molecule has 2 aromatic heterocycles. The van der Waals surface area contributed by atoms with Crippen molar-refractivity contribution in [2.24, 2.45) is 0 Å². The number of imidazole rings is 1. The summed E-state index contributed by atoms with van der Waals surface area (Å²) in [6.45, 7) is 5.53. The summed E-state index contributed by atoms with van der Waals surface area (Å²) in [5, 5.41) is 12.5. The van der Waals surface area contributed by atoms with Gasteiger partial charge in [0.1, 0.15) is 5.82 Å². The maximum Gasteiger partial charge on any atom is 0.337 e. The summed E-state index contributed by atoms with van der Waals surface area (Å²) in [7, 11) is 0. The van der Waals surface area contributed by atoms with Crippen molar-refractivity contribution in [3.8, 4) is 5.69 Å². The molecule has 0 radical (unpaired) electrons. The average Bonchev–Trinajstić information content (AvgIpc) is 3.14. The number of carbonyl (C=O) groups is 2. The molecular weight excluding hydrogens is 382 g/mol. The van der Waals surface area contributed by atoms with Crippen molar-refractivity contribution in [1.82, 2.24) is 14.5 Å². The molecule has 8 heteroatoms. The molecule has 8 nitrogen and oxygen atoms in total. The Morgan fingerprint density at radius 1 is 1.20 bits per heavy atom. The molecule has 3 heterocycles. The lowest BCUT2D eigenvalue weighted by atomic mass is 9.91. The number of rotatable bonds is 4. The highest BCUT2D eigenvalue weighted by Gasteiger charge is 2.33. The number of nitrogens with zero attached hydrogens (tertiary/aromatic N) is 4. The monoisotopic (exact) mass is 405 g/mol. The van der Waals surface area contributed by atoms with Gasteiger partial charge in [-0.1, -0.05) is 0 Å². The zero-order chi connectivity index (χ0) is 21.4. The Balaban J connectivity index is 1.73. The van der Waals surface area contributed by atoms with Crippen LogP contribution in [0, 0.1) is 6.92 Å². The molecule has 2 atom stereocenters. The van der Waals surface area contributed by atoms with E-state index in [1.807, 2.05) is 41.6 Å².